The van der Waals surface area contributed by atoms with E-state index < -0.39 is 15.8 Å². The molecule has 1 aliphatic heterocycles. The van der Waals surface area contributed by atoms with Crippen molar-refractivity contribution >= 4 is 21.5 Å². The summed E-state index contributed by atoms with van der Waals surface area (Å²) >= 11 is 0. The van der Waals surface area contributed by atoms with Gasteiger partial charge in [-0.2, -0.15) is 0 Å². The molecule has 1 aromatic carbocycles. The number of carbonyl (C=O) groups is 1. The van der Waals surface area contributed by atoms with Gasteiger partial charge in [0.1, 0.15) is 0 Å². The van der Waals surface area contributed by atoms with Gasteiger partial charge in [0.2, 0.25) is 0 Å². The Bertz CT molecular complexity index is 591. The number of benzene rings is 1. The minimum Gasteiger partial charge on any atom is -0.481 e. The number of hydrogen-bond donors (Lipinski definition) is 1. The van der Waals surface area contributed by atoms with Crippen LogP contribution in [0.1, 0.15) is 19.8 Å². The van der Waals surface area contributed by atoms with Crippen LogP contribution < -0.4 is 4.90 Å². The van der Waals surface area contributed by atoms with E-state index in [1.165, 1.54) is 0 Å². The lowest BCUT2D eigenvalue weighted by atomic mass is 9.96. The van der Waals surface area contributed by atoms with Crippen molar-refractivity contribution in [2.45, 2.75) is 24.7 Å². The van der Waals surface area contributed by atoms with Gasteiger partial charge in [0.25, 0.3) is 0 Å². The minimum atomic E-state index is -3.26. The Balaban J connectivity index is 2.17. The second kappa shape index (κ2) is 5.83. The standard InChI is InChI=1S/C14H19NO4S/c1-2-7-20(18,19)13-6-4-3-5-12(13)15-9-11(10-15)8-14(16)17/h3-6,11H,2,7-10H2,1H3,(H,16,17). The van der Waals surface area contributed by atoms with Crippen LogP contribution in [-0.4, -0.2) is 38.3 Å². The molecule has 1 aliphatic rings. The van der Waals surface area contributed by atoms with E-state index in [1.54, 1.807) is 18.2 Å². The topological polar surface area (TPSA) is 74.7 Å². The van der Waals surface area contributed by atoms with Crippen LogP contribution >= 0.6 is 0 Å². The average molecular weight is 297 g/mol. The average Bonchev–Trinajstić information content (AvgIpc) is 2.33. The number of carboxylic acid groups (broad SMARTS) is 1. The molecule has 1 N–H and O–H groups in total. The van der Waals surface area contributed by atoms with Crippen molar-refractivity contribution in [3.63, 3.8) is 0 Å². The zero-order valence-electron chi connectivity index (χ0n) is 11.4. The molecular formula is C14H19NO4S. The van der Waals surface area contributed by atoms with E-state index in [0.29, 0.717) is 30.1 Å². The first-order valence-corrected chi connectivity index (χ1v) is 8.37. The Hall–Kier alpha value is -1.56. The smallest absolute Gasteiger partial charge is 0.303 e. The molecule has 1 aromatic rings. The lowest BCUT2D eigenvalue weighted by molar-refractivity contribution is -0.138. The Kier molecular flexibility index (Phi) is 4.32. The van der Waals surface area contributed by atoms with Crippen molar-refractivity contribution in [2.24, 2.45) is 5.92 Å². The summed E-state index contributed by atoms with van der Waals surface area (Å²) in [6.07, 6.45) is 0.721. The van der Waals surface area contributed by atoms with E-state index in [9.17, 15) is 13.2 Å². The van der Waals surface area contributed by atoms with Gasteiger partial charge in [0, 0.05) is 19.0 Å². The van der Waals surface area contributed by atoms with Crippen LogP contribution in [0.25, 0.3) is 0 Å². The number of sulfone groups is 1. The van der Waals surface area contributed by atoms with Crippen LogP contribution in [0, 0.1) is 5.92 Å². The van der Waals surface area contributed by atoms with E-state index in [4.69, 9.17) is 5.11 Å². The van der Waals surface area contributed by atoms with Gasteiger partial charge < -0.3 is 10.0 Å². The van der Waals surface area contributed by atoms with Crippen molar-refractivity contribution in [1.82, 2.24) is 0 Å². The minimum absolute atomic E-state index is 0.106. The Morgan fingerprint density at radius 2 is 2.00 bits per heavy atom. The van der Waals surface area contributed by atoms with Crippen molar-refractivity contribution in [3.8, 4) is 0 Å². The molecule has 0 amide bonds. The van der Waals surface area contributed by atoms with Gasteiger partial charge in [-0.1, -0.05) is 19.1 Å². The van der Waals surface area contributed by atoms with Gasteiger partial charge in [0.05, 0.1) is 22.8 Å². The molecule has 0 unspecified atom stereocenters. The van der Waals surface area contributed by atoms with Crippen LogP contribution in [0.2, 0.25) is 0 Å². The maximum Gasteiger partial charge on any atom is 0.303 e. The van der Waals surface area contributed by atoms with Gasteiger partial charge in [-0.3, -0.25) is 4.79 Å². The van der Waals surface area contributed by atoms with Crippen LogP contribution in [0.5, 0.6) is 0 Å². The summed E-state index contributed by atoms with van der Waals surface area (Å²) in [6, 6.07) is 6.95. The Labute approximate surface area is 119 Å². The molecule has 20 heavy (non-hydrogen) atoms. The fourth-order valence-electron chi connectivity index (χ4n) is 2.50. The van der Waals surface area contributed by atoms with Gasteiger partial charge in [-0.05, 0) is 18.6 Å². The molecule has 0 aliphatic carbocycles. The van der Waals surface area contributed by atoms with E-state index in [2.05, 4.69) is 0 Å². The highest BCUT2D eigenvalue weighted by Gasteiger charge is 2.31. The summed E-state index contributed by atoms with van der Waals surface area (Å²) in [7, 11) is -3.26. The van der Waals surface area contributed by atoms with Crippen LogP contribution in [0.3, 0.4) is 0 Å². The van der Waals surface area contributed by atoms with Gasteiger partial charge in [-0.15, -0.1) is 0 Å². The summed E-state index contributed by atoms with van der Waals surface area (Å²) in [6.45, 7) is 3.04. The van der Waals surface area contributed by atoms with Gasteiger partial charge in [-0.25, -0.2) is 8.42 Å². The monoisotopic (exact) mass is 297 g/mol. The predicted molar refractivity (Wildman–Crippen MR) is 76.7 cm³/mol. The highest BCUT2D eigenvalue weighted by Crippen LogP contribution is 2.32. The predicted octanol–water partition coefficient (Wildman–Crippen LogP) is 1.78. The SMILES string of the molecule is CCCS(=O)(=O)c1ccccc1N1CC(CC(=O)O)C1. The first-order chi connectivity index (χ1) is 9.44. The molecule has 110 valence electrons. The van der Waals surface area contributed by atoms with Crippen molar-refractivity contribution in [2.75, 3.05) is 23.7 Å². The molecule has 5 nitrogen and oxygen atoms in total. The quantitative estimate of drug-likeness (QED) is 0.866. The number of hydrogen-bond acceptors (Lipinski definition) is 4. The maximum absolute atomic E-state index is 12.2. The summed E-state index contributed by atoms with van der Waals surface area (Å²) in [5, 5.41) is 8.75. The lowest BCUT2D eigenvalue weighted by Crippen LogP contribution is -2.48. The first kappa shape index (κ1) is 14.8. The van der Waals surface area contributed by atoms with E-state index in [-0.39, 0.29) is 18.1 Å². The van der Waals surface area contributed by atoms with Gasteiger partial charge >= 0.3 is 5.97 Å². The zero-order valence-corrected chi connectivity index (χ0v) is 12.3. The Morgan fingerprint density at radius 3 is 2.60 bits per heavy atom. The zero-order chi connectivity index (χ0) is 14.8. The third-order valence-electron chi connectivity index (χ3n) is 3.43. The number of carboxylic acids is 1. The molecular weight excluding hydrogens is 278 g/mol. The summed E-state index contributed by atoms with van der Waals surface area (Å²) in [5.41, 5.74) is 0.697. The molecule has 0 spiro atoms. The molecule has 0 saturated carbocycles. The molecule has 0 aromatic heterocycles. The maximum atomic E-state index is 12.2. The number of para-hydroxylation sites is 1. The van der Waals surface area contributed by atoms with E-state index >= 15 is 0 Å². The van der Waals surface area contributed by atoms with Crippen LogP contribution in [0.4, 0.5) is 5.69 Å². The molecule has 6 heteroatoms. The second-order valence-electron chi connectivity index (χ2n) is 5.16. The highest BCUT2D eigenvalue weighted by atomic mass is 32.2. The Morgan fingerprint density at radius 1 is 1.35 bits per heavy atom. The van der Waals surface area contributed by atoms with Crippen LogP contribution in [-0.2, 0) is 14.6 Å². The lowest BCUT2D eigenvalue weighted by Gasteiger charge is -2.41. The molecule has 1 saturated heterocycles. The second-order valence-corrected chi connectivity index (χ2v) is 7.23. The van der Waals surface area contributed by atoms with Gasteiger partial charge in [0.15, 0.2) is 9.84 Å². The fourth-order valence-corrected chi connectivity index (χ4v) is 4.06. The van der Waals surface area contributed by atoms with E-state index in [0.717, 1.165) is 0 Å². The van der Waals surface area contributed by atoms with Crippen molar-refractivity contribution in [1.29, 1.82) is 0 Å². The molecule has 2 rings (SSSR count). The third kappa shape index (κ3) is 3.12. The largest absolute Gasteiger partial charge is 0.481 e. The number of anilines is 1. The first-order valence-electron chi connectivity index (χ1n) is 6.72. The molecule has 1 heterocycles. The number of aliphatic carboxylic acids is 1. The molecule has 0 atom stereocenters. The molecule has 0 bridgehead atoms. The fraction of sp³-hybridized carbons (Fsp3) is 0.500. The molecule has 0 radical (unpaired) electrons. The summed E-state index contributed by atoms with van der Waals surface area (Å²) < 4.78 is 24.5. The molecule has 1 fully saturated rings. The third-order valence-corrected chi connectivity index (χ3v) is 5.40. The van der Waals surface area contributed by atoms with Crippen molar-refractivity contribution < 1.29 is 18.3 Å². The van der Waals surface area contributed by atoms with Crippen LogP contribution in [0.15, 0.2) is 29.2 Å². The van der Waals surface area contributed by atoms with Crippen molar-refractivity contribution in [3.05, 3.63) is 24.3 Å². The normalized spacial score (nSPS) is 15.9. The number of nitrogens with zero attached hydrogens (tertiary/aromatic N) is 1. The summed E-state index contributed by atoms with van der Waals surface area (Å²) in [5.74, 6) is -0.563. The summed E-state index contributed by atoms with van der Waals surface area (Å²) in [4.78, 5) is 12.9. The highest BCUT2D eigenvalue weighted by molar-refractivity contribution is 7.91. The van der Waals surface area contributed by atoms with E-state index in [1.807, 2.05) is 17.9 Å². The number of rotatable bonds is 6.